The zero-order valence-electron chi connectivity index (χ0n) is 23.7. The summed E-state index contributed by atoms with van der Waals surface area (Å²) in [6.07, 6.45) is 2.20. The molecule has 212 valence electrons. The fourth-order valence-corrected chi connectivity index (χ4v) is 5.22. The summed E-state index contributed by atoms with van der Waals surface area (Å²) in [4.78, 5) is 19.1. The van der Waals surface area contributed by atoms with Crippen molar-refractivity contribution in [2.24, 2.45) is 5.92 Å². The smallest absolute Gasteiger partial charge is 0.257 e. The van der Waals surface area contributed by atoms with E-state index in [2.05, 4.69) is 60.4 Å². The van der Waals surface area contributed by atoms with Crippen LogP contribution in [0.4, 0.5) is 5.69 Å². The monoisotopic (exact) mass is 551 g/mol. The molecule has 41 heavy (non-hydrogen) atoms. The Labute approximate surface area is 241 Å². The number of likely N-dealkylation sites (N-methyl/N-ethyl adjacent to an activating group) is 1. The molecule has 1 saturated heterocycles. The number of rotatable bonds is 9. The van der Waals surface area contributed by atoms with E-state index in [1.54, 1.807) is 18.3 Å². The number of aromatic nitrogens is 1. The summed E-state index contributed by atoms with van der Waals surface area (Å²) in [5, 5.41) is 12.5. The third-order valence-corrected chi connectivity index (χ3v) is 7.87. The average Bonchev–Trinajstić information content (AvgIpc) is 3.02. The van der Waals surface area contributed by atoms with Gasteiger partial charge >= 0.3 is 0 Å². The molecule has 4 aromatic rings. The summed E-state index contributed by atoms with van der Waals surface area (Å²) in [6, 6.07) is 29.6. The summed E-state index contributed by atoms with van der Waals surface area (Å²) >= 11 is 0. The number of carbonyl (C=O) groups excluding carboxylic acids is 1. The van der Waals surface area contributed by atoms with E-state index >= 15 is 0 Å². The van der Waals surface area contributed by atoms with Crippen LogP contribution < -0.4 is 5.32 Å². The first-order chi connectivity index (χ1) is 19.9. The maximum Gasteiger partial charge on any atom is 0.257 e. The van der Waals surface area contributed by atoms with Crippen molar-refractivity contribution in [3.05, 3.63) is 131 Å². The highest BCUT2D eigenvalue weighted by molar-refractivity contribution is 6.04. The Morgan fingerprint density at radius 2 is 1.76 bits per heavy atom. The van der Waals surface area contributed by atoms with E-state index in [0.717, 1.165) is 16.7 Å². The Bertz CT molecular complexity index is 1420. The van der Waals surface area contributed by atoms with Gasteiger partial charge < -0.3 is 19.9 Å². The van der Waals surface area contributed by atoms with Gasteiger partial charge in [0.25, 0.3) is 5.91 Å². The minimum atomic E-state index is -0.630. The van der Waals surface area contributed by atoms with Crippen LogP contribution in [0, 0.1) is 5.92 Å². The topological polar surface area (TPSA) is 83.9 Å². The molecule has 0 saturated carbocycles. The molecule has 1 fully saturated rings. The van der Waals surface area contributed by atoms with Crippen LogP contribution in [-0.2, 0) is 16.1 Å². The standard InChI is InChI=1S/C34H37N3O4/c1-23-31(21-37(3)24(2)26-9-5-4-6-10-26)40-34(41-32(23)27-16-14-25(22-38)15-17-27)28-11-7-13-30(19-28)36-33(39)29-12-8-18-35-20-29/h4-20,23-24,31-32,34,38H,21-22H2,1-3H3,(H,36,39)/t23-,24+,31+,32+,34+/m1/s1. The van der Waals surface area contributed by atoms with E-state index in [4.69, 9.17) is 9.47 Å². The number of amides is 1. The predicted molar refractivity (Wildman–Crippen MR) is 159 cm³/mol. The Morgan fingerprint density at radius 3 is 2.46 bits per heavy atom. The van der Waals surface area contributed by atoms with Gasteiger partial charge in [-0.2, -0.15) is 0 Å². The number of aliphatic hydroxyl groups excluding tert-OH is 1. The van der Waals surface area contributed by atoms with Gasteiger partial charge in [0.15, 0.2) is 6.29 Å². The highest BCUT2D eigenvalue weighted by atomic mass is 16.7. The van der Waals surface area contributed by atoms with E-state index in [9.17, 15) is 9.90 Å². The summed E-state index contributed by atoms with van der Waals surface area (Å²) in [5.74, 6) is -0.171. The molecule has 5 rings (SSSR count). The molecule has 0 spiro atoms. The molecule has 0 unspecified atom stereocenters. The number of aliphatic hydroxyl groups is 1. The predicted octanol–water partition coefficient (Wildman–Crippen LogP) is 6.31. The molecule has 7 heteroatoms. The van der Waals surface area contributed by atoms with Crippen molar-refractivity contribution in [2.75, 3.05) is 18.9 Å². The molecule has 7 nitrogen and oxygen atoms in total. The Kier molecular flexibility index (Phi) is 9.21. The molecule has 1 aromatic heterocycles. The third kappa shape index (κ3) is 6.89. The molecule has 5 atom stereocenters. The summed E-state index contributed by atoms with van der Waals surface area (Å²) in [6.45, 7) is 5.07. The van der Waals surface area contributed by atoms with Gasteiger partial charge in [-0.15, -0.1) is 0 Å². The van der Waals surface area contributed by atoms with Gasteiger partial charge in [-0.25, -0.2) is 0 Å². The van der Waals surface area contributed by atoms with Gasteiger partial charge in [-0.1, -0.05) is 73.7 Å². The molecule has 0 radical (unpaired) electrons. The highest BCUT2D eigenvalue weighted by Crippen LogP contribution is 2.42. The minimum absolute atomic E-state index is 0.00452. The molecule has 3 aromatic carbocycles. The van der Waals surface area contributed by atoms with Gasteiger partial charge in [0, 0.05) is 42.1 Å². The molecular formula is C34H37N3O4. The Balaban J connectivity index is 1.39. The van der Waals surface area contributed by atoms with Crippen molar-refractivity contribution < 1.29 is 19.4 Å². The largest absolute Gasteiger partial charge is 0.392 e. The van der Waals surface area contributed by atoms with Crippen LogP contribution >= 0.6 is 0 Å². The van der Waals surface area contributed by atoms with E-state index < -0.39 is 6.29 Å². The second-order valence-electron chi connectivity index (χ2n) is 10.7. The summed E-state index contributed by atoms with van der Waals surface area (Å²) < 4.78 is 13.3. The van der Waals surface area contributed by atoms with Crippen LogP contribution in [0.25, 0.3) is 0 Å². The first-order valence-electron chi connectivity index (χ1n) is 14.0. The van der Waals surface area contributed by atoms with Crippen molar-refractivity contribution in [3.8, 4) is 0 Å². The number of pyridine rings is 1. The first-order valence-corrected chi connectivity index (χ1v) is 14.0. The molecular weight excluding hydrogens is 514 g/mol. The van der Waals surface area contributed by atoms with Gasteiger partial charge in [0.2, 0.25) is 0 Å². The second kappa shape index (κ2) is 13.2. The number of nitrogens with one attached hydrogen (secondary N) is 1. The normalized spacial score (nSPS) is 21.4. The number of ether oxygens (including phenoxy) is 2. The molecule has 0 bridgehead atoms. The van der Waals surface area contributed by atoms with Crippen molar-refractivity contribution in [3.63, 3.8) is 0 Å². The second-order valence-corrected chi connectivity index (χ2v) is 10.7. The maximum absolute atomic E-state index is 12.8. The van der Waals surface area contributed by atoms with Gasteiger partial charge in [-0.3, -0.25) is 14.7 Å². The molecule has 1 amide bonds. The van der Waals surface area contributed by atoms with Crippen molar-refractivity contribution in [1.29, 1.82) is 0 Å². The number of benzene rings is 3. The van der Waals surface area contributed by atoms with Crippen LogP contribution in [0.5, 0.6) is 0 Å². The minimum Gasteiger partial charge on any atom is -0.392 e. The van der Waals surface area contributed by atoms with E-state index in [-0.39, 0.29) is 36.7 Å². The first kappa shape index (κ1) is 28.6. The highest BCUT2D eigenvalue weighted by Gasteiger charge is 2.39. The SMILES string of the molecule is C[C@@H]1[C@H](CN(C)[C@@H](C)c2ccccc2)O[C@H](c2cccc(NC(=O)c3cccnc3)c2)O[C@@H]1c1ccc(CO)cc1. The van der Waals surface area contributed by atoms with Gasteiger partial charge in [-0.05, 0) is 54.9 Å². The lowest BCUT2D eigenvalue weighted by Crippen LogP contribution is -2.44. The summed E-state index contributed by atoms with van der Waals surface area (Å²) in [5.41, 5.74) is 5.10. The number of carbonyl (C=O) groups is 1. The number of hydrogen-bond donors (Lipinski definition) is 2. The lowest BCUT2D eigenvalue weighted by molar-refractivity contribution is -0.276. The zero-order chi connectivity index (χ0) is 28.8. The lowest BCUT2D eigenvalue weighted by Gasteiger charge is -2.43. The fourth-order valence-electron chi connectivity index (χ4n) is 5.22. The van der Waals surface area contributed by atoms with Crippen LogP contribution in [0.2, 0.25) is 0 Å². The molecule has 0 aliphatic carbocycles. The van der Waals surface area contributed by atoms with Crippen molar-refractivity contribution in [2.45, 2.75) is 45.0 Å². The van der Waals surface area contributed by atoms with Crippen LogP contribution in [0.1, 0.15) is 64.9 Å². The van der Waals surface area contributed by atoms with E-state index in [1.165, 1.54) is 11.8 Å². The number of hydrogen-bond acceptors (Lipinski definition) is 6. The van der Waals surface area contributed by atoms with E-state index in [1.807, 2.05) is 54.6 Å². The third-order valence-electron chi connectivity index (χ3n) is 7.87. The van der Waals surface area contributed by atoms with Crippen LogP contribution in [0.3, 0.4) is 0 Å². The Hall–Kier alpha value is -3.88. The number of anilines is 1. The lowest BCUT2D eigenvalue weighted by atomic mass is 9.89. The Morgan fingerprint density at radius 1 is 0.976 bits per heavy atom. The van der Waals surface area contributed by atoms with Crippen LogP contribution in [-0.4, -0.2) is 40.6 Å². The fraction of sp³-hybridized carbons (Fsp3) is 0.294. The van der Waals surface area contributed by atoms with Crippen LogP contribution in [0.15, 0.2) is 103 Å². The molecule has 2 N–H and O–H groups in total. The maximum atomic E-state index is 12.8. The molecule has 1 aliphatic rings. The van der Waals surface area contributed by atoms with Gasteiger partial charge in [0.1, 0.15) is 0 Å². The van der Waals surface area contributed by atoms with Crippen molar-refractivity contribution in [1.82, 2.24) is 9.88 Å². The number of nitrogens with zero attached hydrogens (tertiary/aromatic N) is 2. The molecule has 2 heterocycles. The average molecular weight is 552 g/mol. The van der Waals surface area contributed by atoms with Gasteiger partial charge in [0.05, 0.1) is 24.4 Å². The zero-order valence-corrected chi connectivity index (χ0v) is 23.7. The van der Waals surface area contributed by atoms with Crippen molar-refractivity contribution >= 4 is 11.6 Å². The molecule has 1 aliphatic heterocycles. The summed E-state index contributed by atoms with van der Waals surface area (Å²) in [7, 11) is 2.12. The van der Waals surface area contributed by atoms with E-state index in [0.29, 0.717) is 17.8 Å². The quantitative estimate of drug-likeness (QED) is 0.254.